The largest absolute Gasteiger partial charge is 0.465 e. The number of methoxy groups -OCH3 is 1. The number of benzene rings is 3. The number of rotatable bonds is 5. The molecule has 0 saturated carbocycles. The zero-order valence-corrected chi connectivity index (χ0v) is 16.1. The summed E-state index contributed by atoms with van der Waals surface area (Å²) in [4.78, 5) is 36.2. The second kappa shape index (κ2) is 8.84. The molecule has 2 N–H and O–H groups in total. The first-order valence-electron chi connectivity index (χ1n) is 8.94. The van der Waals surface area contributed by atoms with Gasteiger partial charge in [-0.3, -0.25) is 9.59 Å². The van der Waals surface area contributed by atoms with Gasteiger partial charge >= 0.3 is 5.97 Å². The summed E-state index contributed by atoms with van der Waals surface area (Å²) in [5.41, 5.74) is 3.43. The van der Waals surface area contributed by atoms with Crippen molar-refractivity contribution in [1.29, 1.82) is 0 Å². The lowest BCUT2D eigenvalue weighted by atomic mass is 10.1. The van der Waals surface area contributed by atoms with Crippen LogP contribution in [-0.4, -0.2) is 24.9 Å². The van der Waals surface area contributed by atoms with Gasteiger partial charge in [0.2, 0.25) is 0 Å². The van der Waals surface area contributed by atoms with Gasteiger partial charge in [0.15, 0.2) is 0 Å². The maximum atomic E-state index is 12.4. The average molecular weight is 388 g/mol. The Kier molecular flexibility index (Phi) is 6.04. The number of amides is 2. The van der Waals surface area contributed by atoms with Gasteiger partial charge in [0, 0.05) is 22.5 Å². The average Bonchev–Trinajstić information content (AvgIpc) is 2.75. The van der Waals surface area contributed by atoms with Crippen LogP contribution in [0.1, 0.15) is 36.6 Å². The van der Waals surface area contributed by atoms with E-state index in [4.69, 9.17) is 0 Å². The predicted octanol–water partition coefficient (Wildman–Crippen LogP) is 4.29. The van der Waals surface area contributed by atoms with Crippen molar-refractivity contribution in [2.24, 2.45) is 0 Å². The molecule has 0 unspecified atom stereocenters. The molecule has 6 heteroatoms. The highest BCUT2D eigenvalue weighted by Crippen LogP contribution is 2.21. The van der Waals surface area contributed by atoms with E-state index in [1.54, 1.807) is 54.6 Å². The SMILES string of the molecule is COC(=O)c1ccc(C(=O)Nc2ccc(NC(=O)c3ccccc3)c(C)c2)cc1. The topological polar surface area (TPSA) is 84.5 Å². The fraction of sp³-hybridized carbons (Fsp3) is 0.0870. The lowest BCUT2D eigenvalue weighted by Crippen LogP contribution is -2.14. The number of esters is 1. The summed E-state index contributed by atoms with van der Waals surface area (Å²) in [6.07, 6.45) is 0. The highest BCUT2D eigenvalue weighted by molar-refractivity contribution is 6.06. The summed E-state index contributed by atoms with van der Waals surface area (Å²) in [7, 11) is 1.30. The minimum Gasteiger partial charge on any atom is -0.465 e. The summed E-state index contributed by atoms with van der Waals surface area (Å²) in [6, 6.07) is 20.4. The number of nitrogens with one attached hydrogen (secondary N) is 2. The number of aryl methyl sites for hydroxylation is 1. The molecule has 0 saturated heterocycles. The summed E-state index contributed by atoms with van der Waals surface area (Å²) < 4.78 is 4.64. The molecule has 3 aromatic rings. The second-order valence-electron chi connectivity index (χ2n) is 6.37. The molecule has 0 heterocycles. The number of carbonyl (C=O) groups excluding carboxylic acids is 3. The zero-order valence-electron chi connectivity index (χ0n) is 16.1. The number of hydrogen-bond donors (Lipinski definition) is 2. The molecular weight excluding hydrogens is 368 g/mol. The Morgan fingerprint density at radius 3 is 1.93 bits per heavy atom. The monoisotopic (exact) mass is 388 g/mol. The quantitative estimate of drug-likeness (QED) is 0.639. The Balaban J connectivity index is 1.67. The first kappa shape index (κ1) is 19.8. The molecular formula is C23H20N2O4. The smallest absolute Gasteiger partial charge is 0.337 e. The van der Waals surface area contributed by atoms with Gasteiger partial charge < -0.3 is 15.4 Å². The van der Waals surface area contributed by atoms with Gasteiger partial charge in [-0.25, -0.2) is 4.79 Å². The highest BCUT2D eigenvalue weighted by Gasteiger charge is 2.11. The first-order valence-corrected chi connectivity index (χ1v) is 8.94. The van der Waals surface area contributed by atoms with Gasteiger partial charge in [-0.15, -0.1) is 0 Å². The van der Waals surface area contributed by atoms with Gasteiger partial charge in [0.25, 0.3) is 11.8 Å². The number of carbonyl (C=O) groups is 3. The summed E-state index contributed by atoms with van der Waals surface area (Å²) in [6.45, 7) is 1.85. The molecule has 0 bridgehead atoms. The van der Waals surface area contributed by atoms with Gasteiger partial charge in [0.1, 0.15) is 0 Å². The van der Waals surface area contributed by atoms with E-state index in [1.807, 2.05) is 13.0 Å². The van der Waals surface area contributed by atoms with Gasteiger partial charge in [0.05, 0.1) is 12.7 Å². The highest BCUT2D eigenvalue weighted by atomic mass is 16.5. The van der Waals surface area contributed by atoms with Crippen LogP contribution in [0.15, 0.2) is 72.8 Å². The Bertz CT molecular complexity index is 1040. The van der Waals surface area contributed by atoms with Crippen molar-refractivity contribution in [2.75, 3.05) is 17.7 Å². The number of anilines is 2. The molecule has 0 aromatic heterocycles. The summed E-state index contributed by atoms with van der Waals surface area (Å²) in [5, 5.41) is 5.67. The van der Waals surface area contributed by atoms with E-state index in [2.05, 4.69) is 15.4 Å². The van der Waals surface area contributed by atoms with E-state index < -0.39 is 5.97 Å². The normalized spacial score (nSPS) is 10.1. The molecule has 0 atom stereocenters. The van der Waals surface area contributed by atoms with E-state index in [0.717, 1.165) is 5.56 Å². The van der Waals surface area contributed by atoms with Crippen molar-refractivity contribution in [3.63, 3.8) is 0 Å². The zero-order chi connectivity index (χ0) is 20.8. The fourth-order valence-corrected chi connectivity index (χ4v) is 2.74. The van der Waals surface area contributed by atoms with Crippen molar-refractivity contribution < 1.29 is 19.1 Å². The van der Waals surface area contributed by atoms with Gasteiger partial charge in [-0.05, 0) is 67.1 Å². The molecule has 0 aliphatic carbocycles. The second-order valence-corrected chi connectivity index (χ2v) is 6.37. The minimum absolute atomic E-state index is 0.198. The molecule has 3 aromatic carbocycles. The van der Waals surface area contributed by atoms with Crippen LogP contribution >= 0.6 is 0 Å². The van der Waals surface area contributed by atoms with Crippen LogP contribution in [0.3, 0.4) is 0 Å². The Morgan fingerprint density at radius 2 is 1.31 bits per heavy atom. The molecule has 146 valence electrons. The molecule has 0 spiro atoms. The summed E-state index contributed by atoms with van der Waals surface area (Å²) in [5.74, 6) is -0.959. The molecule has 3 rings (SSSR count). The van der Waals surface area contributed by atoms with Crippen molar-refractivity contribution in [2.45, 2.75) is 6.92 Å². The lowest BCUT2D eigenvalue weighted by Gasteiger charge is -2.11. The molecule has 29 heavy (non-hydrogen) atoms. The Hall–Kier alpha value is -3.93. The molecule has 0 fully saturated rings. The van der Waals surface area contributed by atoms with E-state index in [1.165, 1.54) is 19.2 Å². The van der Waals surface area contributed by atoms with Crippen LogP contribution in [0.5, 0.6) is 0 Å². The Morgan fingerprint density at radius 1 is 0.724 bits per heavy atom. The molecule has 0 aliphatic heterocycles. The molecule has 0 radical (unpaired) electrons. The minimum atomic E-state index is -0.458. The van der Waals surface area contributed by atoms with Crippen molar-refractivity contribution in [3.05, 3.63) is 95.1 Å². The summed E-state index contributed by atoms with van der Waals surface area (Å²) >= 11 is 0. The standard InChI is InChI=1S/C23H20N2O4/c1-15-14-19(12-13-20(15)25-22(27)16-6-4-3-5-7-16)24-21(26)17-8-10-18(11-9-17)23(28)29-2/h3-14H,1-2H3,(H,24,26)(H,25,27). The number of ether oxygens (including phenoxy) is 1. The third kappa shape index (κ3) is 4.87. The molecule has 2 amide bonds. The Labute approximate surface area is 168 Å². The number of hydrogen-bond acceptors (Lipinski definition) is 4. The molecule has 6 nitrogen and oxygen atoms in total. The van der Waals surface area contributed by atoms with E-state index in [-0.39, 0.29) is 11.8 Å². The van der Waals surface area contributed by atoms with Crippen molar-refractivity contribution in [1.82, 2.24) is 0 Å². The van der Waals surface area contributed by atoms with E-state index in [0.29, 0.717) is 28.1 Å². The van der Waals surface area contributed by atoms with Crippen LogP contribution in [0, 0.1) is 6.92 Å². The predicted molar refractivity (Wildman–Crippen MR) is 111 cm³/mol. The molecule has 0 aliphatic rings. The van der Waals surface area contributed by atoms with Crippen LogP contribution in [-0.2, 0) is 4.74 Å². The van der Waals surface area contributed by atoms with Gasteiger partial charge in [-0.1, -0.05) is 18.2 Å². The van der Waals surface area contributed by atoms with Crippen LogP contribution in [0.2, 0.25) is 0 Å². The maximum Gasteiger partial charge on any atom is 0.337 e. The van der Waals surface area contributed by atoms with E-state index >= 15 is 0 Å². The van der Waals surface area contributed by atoms with Crippen LogP contribution in [0.25, 0.3) is 0 Å². The maximum absolute atomic E-state index is 12.4. The van der Waals surface area contributed by atoms with Crippen LogP contribution < -0.4 is 10.6 Å². The van der Waals surface area contributed by atoms with Crippen molar-refractivity contribution in [3.8, 4) is 0 Å². The lowest BCUT2D eigenvalue weighted by molar-refractivity contribution is 0.0600. The third-order valence-electron chi connectivity index (χ3n) is 4.34. The van der Waals surface area contributed by atoms with Crippen LogP contribution in [0.4, 0.5) is 11.4 Å². The van der Waals surface area contributed by atoms with E-state index in [9.17, 15) is 14.4 Å². The van der Waals surface area contributed by atoms with Crippen molar-refractivity contribution >= 4 is 29.2 Å². The fourth-order valence-electron chi connectivity index (χ4n) is 2.74. The third-order valence-corrected chi connectivity index (χ3v) is 4.34. The first-order chi connectivity index (χ1) is 14.0. The van der Waals surface area contributed by atoms with Gasteiger partial charge in [-0.2, -0.15) is 0 Å².